The summed E-state index contributed by atoms with van der Waals surface area (Å²) in [5.41, 5.74) is 2.84. The molecule has 2 aromatic rings. The van der Waals surface area contributed by atoms with Crippen LogP contribution in [0.25, 0.3) is 0 Å². The summed E-state index contributed by atoms with van der Waals surface area (Å²) in [4.78, 5) is 24.3. The Bertz CT molecular complexity index is 697. The van der Waals surface area contributed by atoms with E-state index in [0.717, 1.165) is 11.3 Å². The molecule has 0 aliphatic carbocycles. The minimum atomic E-state index is -0.659. The third-order valence-electron chi connectivity index (χ3n) is 3.86. The Morgan fingerprint density at radius 3 is 2.12 bits per heavy atom. The van der Waals surface area contributed by atoms with Crippen molar-refractivity contribution >= 4 is 17.6 Å². The molecule has 25 heavy (non-hydrogen) atoms. The van der Waals surface area contributed by atoms with E-state index < -0.39 is 18.0 Å². The quantitative estimate of drug-likeness (QED) is 0.749. The molecule has 0 aromatic heterocycles. The van der Waals surface area contributed by atoms with Crippen molar-refractivity contribution in [3.63, 3.8) is 0 Å². The number of carbonyl (C=O) groups excluding carboxylic acids is 2. The number of anilines is 1. The largest absolute Gasteiger partial charge is 0.370 e. The summed E-state index contributed by atoms with van der Waals surface area (Å²) in [6.07, 6.45) is 0. The first-order valence-corrected chi connectivity index (χ1v) is 8.51. The van der Waals surface area contributed by atoms with Crippen LogP contribution < -0.4 is 16.0 Å². The summed E-state index contributed by atoms with van der Waals surface area (Å²) in [5.74, 6) is 0.0464. The number of hydrogen-bond donors (Lipinski definition) is 3. The van der Waals surface area contributed by atoms with Crippen molar-refractivity contribution in [2.24, 2.45) is 0 Å². The predicted octanol–water partition coefficient (Wildman–Crippen LogP) is 3.81. The Labute approximate surface area is 148 Å². The Morgan fingerprint density at radius 1 is 0.920 bits per heavy atom. The zero-order chi connectivity index (χ0) is 18.2. The molecule has 5 nitrogen and oxygen atoms in total. The second-order valence-corrected chi connectivity index (χ2v) is 6.11. The minimum Gasteiger partial charge on any atom is -0.370 e. The second-order valence-electron chi connectivity index (χ2n) is 6.11. The molecule has 5 heteroatoms. The van der Waals surface area contributed by atoms with Gasteiger partial charge in [0.1, 0.15) is 6.04 Å². The highest BCUT2D eigenvalue weighted by Gasteiger charge is 2.22. The van der Waals surface area contributed by atoms with E-state index in [4.69, 9.17) is 0 Å². The van der Waals surface area contributed by atoms with Crippen LogP contribution in [0.4, 0.5) is 10.5 Å². The Hall–Kier alpha value is -2.82. The molecule has 0 saturated heterocycles. The zero-order valence-electron chi connectivity index (χ0n) is 14.9. The van der Waals surface area contributed by atoms with E-state index in [1.807, 2.05) is 54.6 Å². The third-order valence-corrected chi connectivity index (χ3v) is 3.86. The van der Waals surface area contributed by atoms with E-state index >= 15 is 0 Å². The topological polar surface area (TPSA) is 70.2 Å². The van der Waals surface area contributed by atoms with Crippen molar-refractivity contribution in [3.05, 3.63) is 65.7 Å². The lowest BCUT2D eigenvalue weighted by atomic mass is 10.0. The molecule has 3 amide bonds. The van der Waals surface area contributed by atoms with E-state index in [9.17, 15) is 9.59 Å². The molecule has 0 saturated carbocycles. The number of benzene rings is 2. The maximum Gasteiger partial charge on any atom is 0.321 e. The van der Waals surface area contributed by atoms with Crippen LogP contribution in [0.1, 0.15) is 43.9 Å². The SMILES string of the molecule is CCNC(=O)NC(=O)[C@H](Nc1ccc(C(C)C)cc1)c1ccccc1. The van der Waals surface area contributed by atoms with Crippen LogP contribution in [-0.4, -0.2) is 18.5 Å². The van der Waals surface area contributed by atoms with Gasteiger partial charge in [0.05, 0.1) is 0 Å². The number of urea groups is 1. The number of amides is 3. The van der Waals surface area contributed by atoms with Crippen LogP contribution in [-0.2, 0) is 4.79 Å². The van der Waals surface area contributed by atoms with E-state index in [-0.39, 0.29) is 0 Å². The molecule has 2 rings (SSSR count). The fourth-order valence-corrected chi connectivity index (χ4v) is 2.47. The molecule has 2 aromatic carbocycles. The maximum atomic E-state index is 12.6. The summed E-state index contributed by atoms with van der Waals surface area (Å²) in [6.45, 7) is 6.52. The molecule has 0 unspecified atom stereocenters. The summed E-state index contributed by atoms with van der Waals surface area (Å²) in [7, 11) is 0. The van der Waals surface area contributed by atoms with Crippen LogP contribution in [0.2, 0.25) is 0 Å². The van der Waals surface area contributed by atoms with Gasteiger partial charge in [-0.25, -0.2) is 4.79 Å². The summed E-state index contributed by atoms with van der Waals surface area (Å²) < 4.78 is 0. The van der Waals surface area contributed by atoms with Crippen molar-refractivity contribution < 1.29 is 9.59 Å². The van der Waals surface area contributed by atoms with Gasteiger partial charge in [-0.2, -0.15) is 0 Å². The number of hydrogen-bond acceptors (Lipinski definition) is 3. The van der Waals surface area contributed by atoms with Gasteiger partial charge in [-0.05, 0) is 36.1 Å². The van der Waals surface area contributed by atoms with E-state index in [0.29, 0.717) is 12.5 Å². The smallest absolute Gasteiger partial charge is 0.321 e. The molecule has 0 aliphatic heterocycles. The molecule has 0 radical (unpaired) electrons. The molecular weight excluding hydrogens is 314 g/mol. The van der Waals surface area contributed by atoms with Gasteiger partial charge in [0.15, 0.2) is 0 Å². The Balaban J connectivity index is 2.20. The van der Waals surface area contributed by atoms with Gasteiger partial charge in [-0.15, -0.1) is 0 Å². The molecule has 0 fully saturated rings. The van der Waals surface area contributed by atoms with E-state index in [2.05, 4.69) is 29.8 Å². The predicted molar refractivity (Wildman–Crippen MR) is 101 cm³/mol. The lowest BCUT2D eigenvalue weighted by Gasteiger charge is -2.20. The normalized spacial score (nSPS) is 11.7. The fraction of sp³-hybridized carbons (Fsp3) is 0.300. The standard InChI is InChI=1S/C20H25N3O2/c1-4-21-20(25)23-19(24)18(16-8-6-5-7-9-16)22-17-12-10-15(11-13-17)14(2)3/h5-14,18,22H,4H2,1-3H3,(H2,21,23,24,25)/t18-/m1/s1. The van der Waals surface area contributed by atoms with Crippen LogP contribution in [0.5, 0.6) is 0 Å². The highest BCUT2D eigenvalue weighted by molar-refractivity contribution is 5.98. The molecule has 3 N–H and O–H groups in total. The molecule has 0 spiro atoms. The third kappa shape index (κ3) is 5.35. The molecule has 0 aliphatic rings. The lowest BCUT2D eigenvalue weighted by molar-refractivity contribution is -0.120. The van der Waals surface area contributed by atoms with E-state index in [1.165, 1.54) is 5.56 Å². The van der Waals surface area contributed by atoms with E-state index in [1.54, 1.807) is 6.92 Å². The number of imide groups is 1. The first-order valence-electron chi connectivity index (χ1n) is 8.51. The monoisotopic (exact) mass is 339 g/mol. The first kappa shape index (κ1) is 18.5. The molecular formula is C20H25N3O2. The number of carbonyl (C=O) groups is 2. The van der Waals surface area contributed by atoms with Gasteiger partial charge in [0.25, 0.3) is 5.91 Å². The number of nitrogens with one attached hydrogen (secondary N) is 3. The fourth-order valence-electron chi connectivity index (χ4n) is 2.47. The average molecular weight is 339 g/mol. The number of rotatable bonds is 6. The summed E-state index contributed by atoms with van der Waals surface area (Å²) in [5, 5.41) is 8.16. The van der Waals surface area contributed by atoms with Crippen molar-refractivity contribution in [2.75, 3.05) is 11.9 Å². The molecule has 0 bridgehead atoms. The van der Waals surface area contributed by atoms with Gasteiger partial charge >= 0.3 is 6.03 Å². The second kappa shape index (κ2) is 8.87. The van der Waals surface area contributed by atoms with Gasteiger partial charge in [0.2, 0.25) is 0 Å². The summed E-state index contributed by atoms with van der Waals surface area (Å²) >= 11 is 0. The minimum absolute atomic E-state index is 0.398. The van der Waals surface area contributed by atoms with Crippen molar-refractivity contribution in [1.29, 1.82) is 0 Å². The average Bonchev–Trinajstić information content (AvgIpc) is 2.61. The maximum absolute atomic E-state index is 12.6. The zero-order valence-corrected chi connectivity index (χ0v) is 14.9. The summed E-state index contributed by atoms with van der Waals surface area (Å²) in [6, 6.07) is 16.2. The molecule has 132 valence electrons. The van der Waals surface area contributed by atoms with Crippen molar-refractivity contribution in [3.8, 4) is 0 Å². The lowest BCUT2D eigenvalue weighted by Crippen LogP contribution is -2.43. The first-order chi connectivity index (χ1) is 12.0. The highest BCUT2D eigenvalue weighted by atomic mass is 16.2. The van der Waals surface area contributed by atoms with Crippen LogP contribution in [0, 0.1) is 0 Å². The van der Waals surface area contributed by atoms with Crippen LogP contribution in [0.15, 0.2) is 54.6 Å². The Morgan fingerprint density at radius 2 is 1.56 bits per heavy atom. The van der Waals surface area contributed by atoms with Crippen LogP contribution >= 0.6 is 0 Å². The van der Waals surface area contributed by atoms with Gasteiger partial charge < -0.3 is 10.6 Å². The van der Waals surface area contributed by atoms with Crippen molar-refractivity contribution in [1.82, 2.24) is 10.6 Å². The van der Waals surface area contributed by atoms with Gasteiger partial charge in [-0.3, -0.25) is 10.1 Å². The van der Waals surface area contributed by atoms with Crippen molar-refractivity contribution in [2.45, 2.75) is 32.7 Å². The van der Waals surface area contributed by atoms with Crippen LogP contribution in [0.3, 0.4) is 0 Å². The van der Waals surface area contributed by atoms with Gasteiger partial charge in [-0.1, -0.05) is 56.3 Å². The highest BCUT2D eigenvalue weighted by Crippen LogP contribution is 2.22. The molecule has 1 atom stereocenters. The molecule has 0 heterocycles. The Kier molecular flexibility index (Phi) is 6.57. The van der Waals surface area contributed by atoms with Gasteiger partial charge in [0, 0.05) is 12.2 Å².